The molecule has 1 aliphatic heterocycles. The number of anilines is 2. The summed E-state index contributed by atoms with van der Waals surface area (Å²) in [5.74, 6) is -0.0288. The Morgan fingerprint density at radius 3 is 2.83 bits per heavy atom. The van der Waals surface area contributed by atoms with E-state index in [4.69, 9.17) is 11.6 Å². The molecule has 0 saturated heterocycles. The fourth-order valence-corrected chi connectivity index (χ4v) is 2.62. The second kappa shape index (κ2) is 5.16. The highest BCUT2D eigenvalue weighted by Crippen LogP contribution is 2.38. The van der Waals surface area contributed by atoms with Crippen LogP contribution in [0.15, 0.2) is 12.1 Å². The first kappa shape index (κ1) is 13.2. The second-order valence-electron chi connectivity index (χ2n) is 4.52. The van der Waals surface area contributed by atoms with Crippen molar-refractivity contribution in [2.75, 3.05) is 30.9 Å². The molecule has 1 aromatic carbocycles. The Bertz CT molecular complexity index is 476. The van der Waals surface area contributed by atoms with Crippen LogP contribution < -0.4 is 15.5 Å². The van der Waals surface area contributed by atoms with Gasteiger partial charge in [-0.15, -0.1) is 0 Å². The second-order valence-corrected chi connectivity index (χ2v) is 4.93. The van der Waals surface area contributed by atoms with Crippen molar-refractivity contribution in [3.63, 3.8) is 0 Å². The predicted molar refractivity (Wildman–Crippen MR) is 75.4 cm³/mol. The molecule has 0 spiro atoms. The Morgan fingerprint density at radius 1 is 1.50 bits per heavy atom. The van der Waals surface area contributed by atoms with Gasteiger partial charge in [0.1, 0.15) is 6.04 Å². The topological polar surface area (TPSA) is 44.4 Å². The van der Waals surface area contributed by atoms with Gasteiger partial charge in [-0.3, -0.25) is 4.79 Å². The number of benzene rings is 1. The van der Waals surface area contributed by atoms with Crippen LogP contribution in [-0.4, -0.2) is 26.5 Å². The SMILES string of the molecule is CCCN(C)c1cc2c(cc1Cl)C(NC)C(=O)N2. The van der Waals surface area contributed by atoms with Gasteiger partial charge in [-0.25, -0.2) is 0 Å². The van der Waals surface area contributed by atoms with Crippen molar-refractivity contribution in [2.24, 2.45) is 0 Å². The molecule has 1 atom stereocenters. The molecule has 0 bridgehead atoms. The van der Waals surface area contributed by atoms with Crippen molar-refractivity contribution in [1.29, 1.82) is 0 Å². The number of halogens is 1. The Morgan fingerprint density at radius 2 is 2.22 bits per heavy atom. The van der Waals surface area contributed by atoms with Gasteiger partial charge in [0.25, 0.3) is 0 Å². The highest BCUT2D eigenvalue weighted by molar-refractivity contribution is 6.33. The molecule has 5 heteroatoms. The standard InChI is InChI=1S/C13H18ClN3O/c1-4-5-17(3)11-7-10-8(6-9(11)14)12(15-2)13(18)16-10/h6-7,12,15H,4-5H2,1-3H3,(H,16,18). The fraction of sp³-hybridized carbons (Fsp3) is 0.462. The largest absolute Gasteiger partial charge is 0.373 e. The van der Waals surface area contributed by atoms with E-state index in [2.05, 4.69) is 22.5 Å². The van der Waals surface area contributed by atoms with E-state index < -0.39 is 0 Å². The minimum Gasteiger partial charge on any atom is -0.373 e. The van der Waals surface area contributed by atoms with Gasteiger partial charge in [-0.2, -0.15) is 0 Å². The van der Waals surface area contributed by atoms with Gasteiger partial charge in [-0.1, -0.05) is 18.5 Å². The number of carbonyl (C=O) groups excluding carboxylic acids is 1. The van der Waals surface area contributed by atoms with E-state index in [1.807, 2.05) is 19.2 Å². The van der Waals surface area contributed by atoms with E-state index in [1.54, 1.807) is 7.05 Å². The smallest absolute Gasteiger partial charge is 0.246 e. The molecular weight excluding hydrogens is 250 g/mol. The number of amides is 1. The van der Waals surface area contributed by atoms with Crippen LogP contribution >= 0.6 is 11.6 Å². The quantitative estimate of drug-likeness (QED) is 0.881. The molecule has 1 aromatic rings. The monoisotopic (exact) mass is 267 g/mol. The van der Waals surface area contributed by atoms with Crippen molar-refractivity contribution in [1.82, 2.24) is 5.32 Å². The fourth-order valence-electron chi connectivity index (χ4n) is 2.31. The summed E-state index contributed by atoms with van der Waals surface area (Å²) in [5.41, 5.74) is 2.72. The van der Waals surface area contributed by atoms with Crippen LogP contribution in [-0.2, 0) is 4.79 Å². The van der Waals surface area contributed by atoms with Crippen LogP contribution in [0.2, 0.25) is 5.02 Å². The summed E-state index contributed by atoms with van der Waals surface area (Å²) >= 11 is 6.30. The van der Waals surface area contributed by atoms with Crippen molar-refractivity contribution in [3.05, 3.63) is 22.7 Å². The minimum atomic E-state index is -0.303. The molecule has 1 aliphatic rings. The van der Waals surface area contributed by atoms with Gasteiger partial charge in [0, 0.05) is 24.8 Å². The predicted octanol–water partition coefficient (Wildman–Crippen LogP) is 2.40. The number of fused-ring (bicyclic) bond motifs is 1. The Labute approximate surface area is 112 Å². The lowest BCUT2D eigenvalue weighted by Crippen LogP contribution is -2.23. The maximum atomic E-state index is 11.8. The van der Waals surface area contributed by atoms with Crippen LogP contribution in [0.5, 0.6) is 0 Å². The van der Waals surface area contributed by atoms with Crippen LogP contribution in [0.25, 0.3) is 0 Å². The average molecular weight is 268 g/mol. The number of likely N-dealkylation sites (N-methyl/N-ethyl adjacent to an activating group) is 1. The van der Waals surface area contributed by atoms with Gasteiger partial charge in [-0.05, 0) is 25.6 Å². The number of hydrogen-bond acceptors (Lipinski definition) is 3. The lowest BCUT2D eigenvalue weighted by atomic mass is 10.1. The zero-order valence-corrected chi connectivity index (χ0v) is 11.6. The van der Waals surface area contributed by atoms with Crippen LogP contribution in [0.3, 0.4) is 0 Å². The number of nitrogens with zero attached hydrogens (tertiary/aromatic N) is 1. The number of nitrogens with one attached hydrogen (secondary N) is 2. The zero-order valence-electron chi connectivity index (χ0n) is 10.9. The Balaban J connectivity index is 2.39. The van der Waals surface area contributed by atoms with Gasteiger partial charge >= 0.3 is 0 Å². The van der Waals surface area contributed by atoms with Gasteiger partial charge in [0.15, 0.2) is 0 Å². The molecule has 18 heavy (non-hydrogen) atoms. The van der Waals surface area contributed by atoms with E-state index >= 15 is 0 Å². The third-order valence-electron chi connectivity index (χ3n) is 3.21. The summed E-state index contributed by atoms with van der Waals surface area (Å²) in [5, 5.41) is 6.54. The third-order valence-corrected chi connectivity index (χ3v) is 3.51. The first-order valence-corrected chi connectivity index (χ1v) is 6.49. The van der Waals surface area contributed by atoms with Crippen molar-refractivity contribution < 1.29 is 4.79 Å². The highest BCUT2D eigenvalue weighted by Gasteiger charge is 2.30. The van der Waals surface area contributed by atoms with Crippen molar-refractivity contribution in [3.8, 4) is 0 Å². The molecule has 4 nitrogen and oxygen atoms in total. The van der Waals surface area contributed by atoms with E-state index in [1.165, 1.54) is 0 Å². The molecule has 0 fully saturated rings. The molecule has 2 N–H and O–H groups in total. The Hall–Kier alpha value is -1.26. The summed E-state index contributed by atoms with van der Waals surface area (Å²) in [6, 6.07) is 3.52. The summed E-state index contributed by atoms with van der Waals surface area (Å²) in [6.45, 7) is 3.05. The lowest BCUT2D eigenvalue weighted by Gasteiger charge is -2.21. The van der Waals surface area contributed by atoms with E-state index in [-0.39, 0.29) is 11.9 Å². The number of hydrogen-bond donors (Lipinski definition) is 2. The van der Waals surface area contributed by atoms with Crippen molar-refractivity contribution in [2.45, 2.75) is 19.4 Å². The maximum Gasteiger partial charge on any atom is 0.246 e. The van der Waals surface area contributed by atoms with E-state index in [0.717, 1.165) is 29.9 Å². The molecule has 0 aliphatic carbocycles. The number of rotatable bonds is 4. The maximum absolute atomic E-state index is 11.8. The first-order valence-electron chi connectivity index (χ1n) is 6.11. The third kappa shape index (κ3) is 2.18. The summed E-state index contributed by atoms with van der Waals surface area (Å²) in [4.78, 5) is 13.8. The van der Waals surface area contributed by atoms with Crippen LogP contribution in [0.1, 0.15) is 24.9 Å². The molecule has 1 heterocycles. The first-order chi connectivity index (χ1) is 8.58. The number of carbonyl (C=O) groups is 1. The molecule has 0 radical (unpaired) electrons. The molecular formula is C13H18ClN3O. The van der Waals surface area contributed by atoms with Crippen LogP contribution in [0.4, 0.5) is 11.4 Å². The van der Waals surface area contributed by atoms with Crippen molar-refractivity contribution >= 4 is 28.9 Å². The molecule has 2 rings (SSSR count). The van der Waals surface area contributed by atoms with Gasteiger partial charge in [0.2, 0.25) is 5.91 Å². The molecule has 98 valence electrons. The van der Waals surface area contributed by atoms with E-state index in [9.17, 15) is 4.79 Å². The lowest BCUT2D eigenvalue weighted by molar-refractivity contribution is -0.117. The minimum absolute atomic E-state index is 0.0288. The molecule has 1 amide bonds. The summed E-state index contributed by atoms with van der Waals surface area (Å²) in [6.07, 6.45) is 1.05. The summed E-state index contributed by atoms with van der Waals surface area (Å²) in [7, 11) is 3.77. The molecule has 0 saturated carbocycles. The zero-order chi connectivity index (χ0) is 13.3. The van der Waals surface area contributed by atoms with Gasteiger partial charge < -0.3 is 15.5 Å². The molecule has 0 aromatic heterocycles. The highest BCUT2D eigenvalue weighted by atomic mass is 35.5. The molecule has 1 unspecified atom stereocenters. The normalized spacial score (nSPS) is 17.6. The Kier molecular flexibility index (Phi) is 3.78. The summed E-state index contributed by atoms with van der Waals surface area (Å²) < 4.78 is 0. The van der Waals surface area contributed by atoms with E-state index in [0.29, 0.717) is 5.02 Å². The van der Waals surface area contributed by atoms with Gasteiger partial charge in [0.05, 0.1) is 10.7 Å². The van der Waals surface area contributed by atoms with Crippen LogP contribution in [0, 0.1) is 0 Å². The average Bonchev–Trinajstić information content (AvgIpc) is 2.63.